The fourth-order valence-corrected chi connectivity index (χ4v) is 1.14. The molecule has 0 aromatic carbocycles. The van der Waals surface area contributed by atoms with E-state index in [1.165, 1.54) is 6.20 Å². The summed E-state index contributed by atoms with van der Waals surface area (Å²) in [5.74, 6) is -0.220. The topological polar surface area (TPSA) is 12.9 Å². The lowest BCUT2D eigenvalue weighted by molar-refractivity contribution is 0.606. The lowest BCUT2D eigenvalue weighted by Gasteiger charge is -1.96. The first kappa shape index (κ1) is 7.66. The number of rotatable bonds is 2. The Labute approximate surface area is 67.4 Å². The van der Waals surface area contributed by atoms with Crippen LogP contribution >= 0.6 is 15.9 Å². The molecule has 0 bridgehead atoms. The van der Waals surface area contributed by atoms with Gasteiger partial charge in [-0.3, -0.25) is 4.98 Å². The molecule has 1 nitrogen and oxygen atoms in total. The van der Waals surface area contributed by atoms with Gasteiger partial charge in [-0.05, 0) is 18.1 Å². The third kappa shape index (κ3) is 1.77. The van der Waals surface area contributed by atoms with E-state index >= 15 is 0 Å². The summed E-state index contributed by atoms with van der Waals surface area (Å²) >= 11 is 3.23. The second-order valence-corrected chi connectivity index (χ2v) is 2.70. The van der Waals surface area contributed by atoms with Crippen LogP contribution in [0.4, 0.5) is 4.39 Å². The van der Waals surface area contributed by atoms with Crippen LogP contribution in [-0.2, 0) is 6.42 Å². The smallest absolute Gasteiger partial charge is 0.144 e. The summed E-state index contributed by atoms with van der Waals surface area (Å²) in [6.07, 6.45) is 3.55. The van der Waals surface area contributed by atoms with Crippen molar-refractivity contribution >= 4 is 15.9 Å². The average molecular weight is 204 g/mol. The summed E-state index contributed by atoms with van der Waals surface area (Å²) in [5, 5.41) is 0.786. The molecule has 0 radical (unpaired) electrons. The van der Waals surface area contributed by atoms with Crippen molar-refractivity contribution in [2.45, 2.75) is 6.42 Å². The Hall–Kier alpha value is -0.440. The SMILES string of the molecule is Fc1cnccc1CCBr. The van der Waals surface area contributed by atoms with Crippen molar-refractivity contribution in [3.05, 3.63) is 29.8 Å². The van der Waals surface area contributed by atoms with Crippen LogP contribution in [0, 0.1) is 5.82 Å². The van der Waals surface area contributed by atoms with Crippen molar-refractivity contribution in [2.75, 3.05) is 5.33 Å². The molecule has 0 saturated carbocycles. The zero-order valence-corrected chi connectivity index (χ0v) is 6.94. The van der Waals surface area contributed by atoms with Gasteiger partial charge in [0.05, 0.1) is 6.20 Å². The van der Waals surface area contributed by atoms with Gasteiger partial charge in [0, 0.05) is 11.5 Å². The van der Waals surface area contributed by atoms with E-state index in [4.69, 9.17) is 0 Å². The Bertz CT molecular complexity index is 215. The maximum absolute atomic E-state index is 12.7. The molecule has 0 amide bonds. The largest absolute Gasteiger partial charge is 0.262 e. The van der Waals surface area contributed by atoms with Crippen LogP contribution in [0.1, 0.15) is 5.56 Å². The highest BCUT2D eigenvalue weighted by molar-refractivity contribution is 9.09. The molecule has 0 aliphatic heterocycles. The lowest BCUT2D eigenvalue weighted by Crippen LogP contribution is -1.91. The fraction of sp³-hybridized carbons (Fsp3) is 0.286. The molecule has 1 aromatic rings. The number of aromatic nitrogens is 1. The van der Waals surface area contributed by atoms with Gasteiger partial charge < -0.3 is 0 Å². The highest BCUT2D eigenvalue weighted by Gasteiger charge is 1.97. The van der Waals surface area contributed by atoms with Gasteiger partial charge in [-0.2, -0.15) is 0 Å². The summed E-state index contributed by atoms with van der Waals surface area (Å²) in [7, 11) is 0. The van der Waals surface area contributed by atoms with Crippen LogP contribution in [0.2, 0.25) is 0 Å². The van der Waals surface area contributed by atoms with E-state index in [2.05, 4.69) is 20.9 Å². The standard InChI is InChI=1S/C7H7BrFN/c8-3-1-6-2-4-10-5-7(6)9/h2,4-5H,1,3H2. The molecule has 1 aromatic heterocycles. The molecule has 0 N–H and O–H groups in total. The number of pyridine rings is 1. The Kier molecular flexibility index (Phi) is 2.81. The van der Waals surface area contributed by atoms with Crippen molar-refractivity contribution in [3.8, 4) is 0 Å². The van der Waals surface area contributed by atoms with Gasteiger partial charge in [0.2, 0.25) is 0 Å². The minimum absolute atomic E-state index is 0.220. The number of nitrogens with zero attached hydrogens (tertiary/aromatic N) is 1. The minimum Gasteiger partial charge on any atom is -0.262 e. The first-order valence-electron chi connectivity index (χ1n) is 2.99. The Balaban J connectivity index is 2.81. The van der Waals surface area contributed by atoms with Crippen molar-refractivity contribution in [3.63, 3.8) is 0 Å². The predicted molar refractivity (Wildman–Crippen MR) is 41.7 cm³/mol. The molecule has 0 spiro atoms. The fourth-order valence-electron chi connectivity index (χ4n) is 0.709. The van der Waals surface area contributed by atoms with E-state index < -0.39 is 0 Å². The van der Waals surface area contributed by atoms with Crippen molar-refractivity contribution in [1.82, 2.24) is 4.98 Å². The second kappa shape index (κ2) is 3.66. The van der Waals surface area contributed by atoms with E-state index in [1.54, 1.807) is 12.3 Å². The number of aryl methyl sites for hydroxylation is 1. The van der Waals surface area contributed by atoms with Crippen molar-refractivity contribution in [2.24, 2.45) is 0 Å². The number of halogens is 2. The molecule has 0 saturated heterocycles. The summed E-state index contributed by atoms with van der Waals surface area (Å²) in [4.78, 5) is 3.64. The van der Waals surface area contributed by atoms with E-state index in [9.17, 15) is 4.39 Å². The van der Waals surface area contributed by atoms with Crippen LogP contribution in [-0.4, -0.2) is 10.3 Å². The molecule has 1 heterocycles. The van der Waals surface area contributed by atoms with Crippen molar-refractivity contribution in [1.29, 1.82) is 0 Å². The lowest BCUT2D eigenvalue weighted by atomic mass is 10.2. The molecule has 0 atom stereocenters. The minimum atomic E-state index is -0.220. The molecule has 1 rings (SSSR count). The highest BCUT2D eigenvalue weighted by atomic mass is 79.9. The maximum atomic E-state index is 12.7. The number of alkyl halides is 1. The van der Waals surface area contributed by atoms with Gasteiger partial charge >= 0.3 is 0 Å². The van der Waals surface area contributed by atoms with E-state index in [1.807, 2.05) is 0 Å². The van der Waals surface area contributed by atoms with Gasteiger partial charge in [-0.1, -0.05) is 15.9 Å². The van der Waals surface area contributed by atoms with Gasteiger partial charge in [0.15, 0.2) is 0 Å². The summed E-state index contributed by atoms with van der Waals surface area (Å²) in [5.41, 5.74) is 0.715. The molecule has 0 aliphatic rings. The molecule has 0 aliphatic carbocycles. The summed E-state index contributed by atoms with van der Waals surface area (Å²) < 4.78 is 12.7. The average Bonchev–Trinajstić information content (AvgIpc) is 1.94. The molecule has 0 fully saturated rings. The summed E-state index contributed by atoms with van der Waals surface area (Å²) in [6.45, 7) is 0. The van der Waals surface area contributed by atoms with Gasteiger partial charge in [0.25, 0.3) is 0 Å². The van der Waals surface area contributed by atoms with Crippen LogP contribution in [0.15, 0.2) is 18.5 Å². The Morgan fingerprint density at radius 2 is 2.40 bits per heavy atom. The molecular weight excluding hydrogens is 197 g/mol. The quantitative estimate of drug-likeness (QED) is 0.672. The maximum Gasteiger partial charge on any atom is 0.144 e. The number of hydrogen-bond acceptors (Lipinski definition) is 1. The van der Waals surface area contributed by atoms with E-state index in [0.29, 0.717) is 12.0 Å². The molecular formula is C7H7BrFN. The predicted octanol–water partition coefficient (Wildman–Crippen LogP) is 2.16. The third-order valence-electron chi connectivity index (χ3n) is 1.22. The molecule has 0 unspecified atom stereocenters. The first-order chi connectivity index (χ1) is 4.84. The van der Waals surface area contributed by atoms with Gasteiger partial charge in [-0.25, -0.2) is 4.39 Å². The summed E-state index contributed by atoms with van der Waals surface area (Å²) in [6, 6.07) is 1.69. The normalized spacial score (nSPS) is 9.80. The molecule has 10 heavy (non-hydrogen) atoms. The van der Waals surface area contributed by atoms with E-state index in [-0.39, 0.29) is 5.82 Å². The van der Waals surface area contributed by atoms with Gasteiger partial charge in [0.1, 0.15) is 5.82 Å². The van der Waals surface area contributed by atoms with Gasteiger partial charge in [-0.15, -0.1) is 0 Å². The first-order valence-corrected chi connectivity index (χ1v) is 4.11. The molecule has 54 valence electrons. The Morgan fingerprint density at radius 3 is 3.00 bits per heavy atom. The monoisotopic (exact) mass is 203 g/mol. The highest BCUT2D eigenvalue weighted by Crippen LogP contribution is 2.05. The third-order valence-corrected chi connectivity index (χ3v) is 1.62. The van der Waals surface area contributed by atoms with E-state index in [0.717, 1.165) is 5.33 Å². The molecule has 3 heteroatoms. The zero-order chi connectivity index (χ0) is 7.40. The van der Waals surface area contributed by atoms with Crippen LogP contribution < -0.4 is 0 Å². The number of hydrogen-bond donors (Lipinski definition) is 0. The second-order valence-electron chi connectivity index (χ2n) is 1.91. The Morgan fingerprint density at radius 1 is 1.60 bits per heavy atom. The van der Waals surface area contributed by atoms with Crippen LogP contribution in [0.3, 0.4) is 0 Å². The van der Waals surface area contributed by atoms with Crippen LogP contribution in [0.25, 0.3) is 0 Å². The van der Waals surface area contributed by atoms with Crippen molar-refractivity contribution < 1.29 is 4.39 Å². The zero-order valence-electron chi connectivity index (χ0n) is 5.35. The van der Waals surface area contributed by atoms with Crippen LogP contribution in [0.5, 0.6) is 0 Å².